The highest BCUT2D eigenvalue weighted by atomic mass is 32.1. The van der Waals surface area contributed by atoms with Crippen LogP contribution in [0.4, 0.5) is 5.00 Å². The van der Waals surface area contributed by atoms with Gasteiger partial charge in [-0.1, -0.05) is 30.3 Å². The average molecular weight is 448 g/mol. The number of amides is 1. The van der Waals surface area contributed by atoms with Crippen LogP contribution in [0.1, 0.15) is 34.1 Å². The van der Waals surface area contributed by atoms with Gasteiger partial charge in [0.05, 0.1) is 5.00 Å². The topological polar surface area (TPSA) is 44.8 Å². The van der Waals surface area contributed by atoms with Gasteiger partial charge in [-0.3, -0.25) is 14.6 Å². The molecule has 1 aromatic heterocycles. The van der Waals surface area contributed by atoms with Crippen molar-refractivity contribution in [1.82, 2.24) is 9.80 Å². The van der Waals surface area contributed by atoms with Crippen LogP contribution < -0.4 is 10.1 Å². The first kappa shape index (κ1) is 21.2. The molecule has 0 saturated carbocycles. The van der Waals surface area contributed by atoms with Crippen molar-refractivity contribution in [3.8, 4) is 5.75 Å². The quantitative estimate of drug-likeness (QED) is 0.618. The van der Waals surface area contributed by atoms with Crippen molar-refractivity contribution < 1.29 is 9.53 Å². The number of hydrogen-bond donors (Lipinski definition) is 1. The molecule has 2 aliphatic heterocycles. The fraction of sp³-hybridized carbons (Fsp3) is 0.346. The lowest BCUT2D eigenvalue weighted by atomic mass is 9.99. The van der Waals surface area contributed by atoms with E-state index in [1.807, 2.05) is 6.07 Å². The van der Waals surface area contributed by atoms with Crippen molar-refractivity contribution >= 4 is 22.2 Å². The minimum Gasteiger partial charge on any atom is -0.492 e. The number of nitrogens with zero attached hydrogens (tertiary/aromatic N) is 2. The molecule has 0 radical (unpaired) electrons. The number of carbonyl (C=O) groups excluding carboxylic acids is 1. The lowest BCUT2D eigenvalue weighted by Crippen LogP contribution is -2.30. The van der Waals surface area contributed by atoms with E-state index in [9.17, 15) is 4.79 Å². The van der Waals surface area contributed by atoms with E-state index in [1.54, 1.807) is 18.3 Å². The molecule has 0 fully saturated rings. The minimum atomic E-state index is -0.0276. The molecule has 0 unspecified atom stereocenters. The summed E-state index contributed by atoms with van der Waals surface area (Å²) in [4.78, 5) is 17.5. The Morgan fingerprint density at radius 1 is 0.969 bits per heavy atom. The van der Waals surface area contributed by atoms with Gasteiger partial charge >= 0.3 is 0 Å². The highest BCUT2D eigenvalue weighted by Gasteiger charge is 2.19. The van der Waals surface area contributed by atoms with Gasteiger partial charge in [0.1, 0.15) is 12.4 Å². The van der Waals surface area contributed by atoms with Crippen LogP contribution in [0.25, 0.3) is 0 Å². The van der Waals surface area contributed by atoms with Gasteiger partial charge in [-0.15, -0.1) is 11.3 Å². The number of fused-ring (bicyclic) bond motifs is 2. The third-order valence-electron chi connectivity index (χ3n) is 6.14. The van der Waals surface area contributed by atoms with Gasteiger partial charge in [-0.2, -0.15) is 0 Å². The summed E-state index contributed by atoms with van der Waals surface area (Å²) in [6.45, 7) is 7.95. The summed E-state index contributed by atoms with van der Waals surface area (Å²) in [5, 5.41) is 3.78. The van der Waals surface area contributed by atoms with Crippen molar-refractivity contribution in [2.75, 3.05) is 25.0 Å². The van der Waals surface area contributed by atoms with E-state index in [-0.39, 0.29) is 5.91 Å². The van der Waals surface area contributed by atoms with Crippen LogP contribution in [0.5, 0.6) is 5.75 Å². The fourth-order valence-corrected chi connectivity index (χ4v) is 5.60. The highest BCUT2D eigenvalue weighted by molar-refractivity contribution is 7.16. The summed E-state index contributed by atoms with van der Waals surface area (Å²) >= 11 is 1.64. The summed E-state index contributed by atoms with van der Waals surface area (Å²) in [5.41, 5.74) is 5.55. The third-order valence-corrected chi connectivity index (χ3v) is 7.13. The molecule has 0 atom stereocenters. The van der Waals surface area contributed by atoms with E-state index in [1.165, 1.54) is 27.1 Å². The Morgan fingerprint density at radius 2 is 1.78 bits per heavy atom. The largest absolute Gasteiger partial charge is 0.492 e. The number of ether oxygens (including phenoxy) is 1. The number of carbonyl (C=O) groups is 1. The average Bonchev–Trinajstić information content (AvgIpc) is 3.10. The second-order valence-electron chi connectivity index (χ2n) is 8.68. The maximum absolute atomic E-state index is 11.3. The second kappa shape index (κ2) is 9.45. The molecule has 5 nitrogen and oxygen atoms in total. The second-order valence-corrected chi connectivity index (χ2v) is 9.85. The predicted molar refractivity (Wildman–Crippen MR) is 129 cm³/mol. The number of anilines is 1. The summed E-state index contributed by atoms with van der Waals surface area (Å²) in [7, 11) is 0. The molecule has 1 N–H and O–H groups in total. The molecule has 6 heteroatoms. The monoisotopic (exact) mass is 447 g/mol. The Balaban J connectivity index is 1.25. The summed E-state index contributed by atoms with van der Waals surface area (Å²) in [6.07, 6.45) is 1.12. The summed E-state index contributed by atoms with van der Waals surface area (Å²) < 4.78 is 6.06. The molecule has 5 rings (SSSR count). The van der Waals surface area contributed by atoms with E-state index in [2.05, 4.69) is 63.6 Å². The van der Waals surface area contributed by atoms with Gasteiger partial charge in [0.25, 0.3) is 0 Å². The number of nitrogens with one attached hydrogen (secondary N) is 1. The van der Waals surface area contributed by atoms with Crippen molar-refractivity contribution in [2.24, 2.45) is 0 Å². The summed E-state index contributed by atoms with van der Waals surface area (Å²) in [5.74, 6) is 0.977. The molecule has 2 aliphatic rings. The molecule has 3 aromatic rings. The van der Waals surface area contributed by atoms with Crippen LogP contribution in [-0.2, 0) is 37.4 Å². The van der Waals surface area contributed by atoms with Crippen LogP contribution in [0.3, 0.4) is 0 Å². The molecule has 166 valence electrons. The standard InChI is InChI=1S/C26H29N3O2S/c1-19(30)27-26-9-7-24(32-26)18-29-12-13-31-25-8-6-20(14-23(25)17-29)15-28-11-10-21-4-2-3-5-22(21)16-28/h2-9,14H,10-13,15-18H2,1H3,(H,27,30). The molecule has 0 bridgehead atoms. The van der Waals surface area contributed by atoms with Gasteiger partial charge in [0.15, 0.2) is 0 Å². The smallest absolute Gasteiger partial charge is 0.221 e. The maximum Gasteiger partial charge on any atom is 0.221 e. The number of benzene rings is 2. The van der Waals surface area contributed by atoms with E-state index in [4.69, 9.17) is 4.74 Å². The molecule has 1 amide bonds. The van der Waals surface area contributed by atoms with Gasteiger partial charge in [-0.05, 0) is 47.4 Å². The van der Waals surface area contributed by atoms with Crippen LogP contribution in [-0.4, -0.2) is 35.4 Å². The first-order valence-electron chi connectivity index (χ1n) is 11.2. The fourth-order valence-electron chi connectivity index (χ4n) is 4.61. The molecule has 2 aromatic carbocycles. The molecule has 0 spiro atoms. The van der Waals surface area contributed by atoms with Crippen molar-refractivity contribution in [1.29, 1.82) is 0 Å². The molecule has 3 heterocycles. The molecule has 32 heavy (non-hydrogen) atoms. The highest BCUT2D eigenvalue weighted by Crippen LogP contribution is 2.29. The van der Waals surface area contributed by atoms with Crippen LogP contribution in [0.15, 0.2) is 54.6 Å². The molecule has 0 saturated heterocycles. The molecular formula is C26H29N3O2S. The Kier molecular flexibility index (Phi) is 6.26. The Labute approximate surface area is 193 Å². The predicted octanol–water partition coefficient (Wildman–Crippen LogP) is 4.66. The van der Waals surface area contributed by atoms with Gasteiger partial charge in [0.2, 0.25) is 5.91 Å². The zero-order valence-electron chi connectivity index (χ0n) is 18.5. The first-order chi connectivity index (χ1) is 15.6. The van der Waals surface area contributed by atoms with Gasteiger partial charge in [-0.25, -0.2) is 0 Å². The van der Waals surface area contributed by atoms with Crippen LogP contribution in [0.2, 0.25) is 0 Å². The van der Waals surface area contributed by atoms with E-state index in [0.29, 0.717) is 6.61 Å². The van der Waals surface area contributed by atoms with E-state index >= 15 is 0 Å². The number of rotatable bonds is 5. The first-order valence-corrected chi connectivity index (χ1v) is 12.1. The zero-order valence-corrected chi connectivity index (χ0v) is 19.3. The van der Waals surface area contributed by atoms with Crippen molar-refractivity contribution in [3.05, 3.63) is 81.7 Å². The number of thiophene rings is 1. The Hall–Kier alpha value is -2.67. The van der Waals surface area contributed by atoms with Crippen LogP contribution >= 0.6 is 11.3 Å². The Bertz CT molecular complexity index is 1110. The van der Waals surface area contributed by atoms with Crippen LogP contribution in [0, 0.1) is 0 Å². The normalized spacial score (nSPS) is 16.5. The Morgan fingerprint density at radius 3 is 2.66 bits per heavy atom. The lowest BCUT2D eigenvalue weighted by Gasteiger charge is -2.29. The van der Waals surface area contributed by atoms with Crippen molar-refractivity contribution in [2.45, 2.75) is 39.5 Å². The third kappa shape index (κ3) is 5.04. The molecule has 0 aliphatic carbocycles. The minimum absolute atomic E-state index is 0.0276. The van der Waals surface area contributed by atoms with Gasteiger partial charge in [0, 0.05) is 56.6 Å². The molecular weight excluding hydrogens is 418 g/mol. The van der Waals surface area contributed by atoms with E-state index in [0.717, 1.165) is 56.4 Å². The number of hydrogen-bond acceptors (Lipinski definition) is 5. The van der Waals surface area contributed by atoms with Crippen molar-refractivity contribution in [3.63, 3.8) is 0 Å². The summed E-state index contributed by atoms with van der Waals surface area (Å²) in [6, 6.07) is 19.6. The SMILES string of the molecule is CC(=O)Nc1ccc(CN2CCOc3ccc(CN4CCc5ccccc5C4)cc3C2)s1. The maximum atomic E-state index is 11.3. The lowest BCUT2D eigenvalue weighted by molar-refractivity contribution is -0.114. The van der Waals surface area contributed by atoms with Gasteiger partial charge < -0.3 is 10.1 Å². The van der Waals surface area contributed by atoms with E-state index < -0.39 is 0 Å². The zero-order chi connectivity index (χ0) is 21.9.